The van der Waals surface area contributed by atoms with Crippen molar-refractivity contribution in [2.45, 2.75) is 18.7 Å². The van der Waals surface area contributed by atoms with Crippen molar-refractivity contribution in [3.63, 3.8) is 0 Å². The molecule has 0 saturated carbocycles. The van der Waals surface area contributed by atoms with E-state index in [9.17, 15) is 12.8 Å². The Morgan fingerprint density at radius 2 is 1.72 bits per heavy atom. The van der Waals surface area contributed by atoms with Crippen molar-refractivity contribution in [3.8, 4) is 0 Å². The zero-order valence-electron chi connectivity index (χ0n) is 13.5. The van der Waals surface area contributed by atoms with E-state index in [0.29, 0.717) is 28.6 Å². The summed E-state index contributed by atoms with van der Waals surface area (Å²) in [6.07, 6.45) is 1.40. The Kier molecular flexibility index (Phi) is 4.41. The standard InChI is InChI=1S/C16H16FN5O2S/c1-10-16(11(2)21-20-10)25(23,24)22-14-7-8-15(18-9-14)19-13-5-3-12(17)4-6-13/h3-9,22H,1-2H3,(H,18,19)(H,20,21). The van der Waals surface area contributed by atoms with Crippen LogP contribution in [0.4, 0.5) is 21.6 Å². The zero-order valence-corrected chi connectivity index (χ0v) is 14.4. The van der Waals surface area contributed by atoms with Crippen LogP contribution in [0.2, 0.25) is 0 Å². The van der Waals surface area contributed by atoms with Crippen LogP contribution < -0.4 is 10.0 Å². The van der Waals surface area contributed by atoms with Gasteiger partial charge in [-0.3, -0.25) is 9.82 Å². The predicted molar refractivity (Wildman–Crippen MR) is 92.8 cm³/mol. The number of pyridine rings is 1. The smallest absolute Gasteiger partial charge is 0.265 e. The molecule has 0 bridgehead atoms. The lowest BCUT2D eigenvalue weighted by atomic mass is 10.3. The molecule has 0 saturated heterocycles. The van der Waals surface area contributed by atoms with Crippen LogP contribution in [-0.4, -0.2) is 23.6 Å². The lowest BCUT2D eigenvalue weighted by Gasteiger charge is -2.09. The van der Waals surface area contributed by atoms with Gasteiger partial charge < -0.3 is 5.32 Å². The maximum absolute atomic E-state index is 12.9. The fourth-order valence-electron chi connectivity index (χ4n) is 2.35. The number of rotatable bonds is 5. The number of benzene rings is 1. The van der Waals surface area contributed by atoms with Crippen LogP contribution in [0.3, 0.4) is 0 Å². The van der Waals surface area contributed by atoms with Gasteiger partial charge in [-0.2, -0.15) is 5.10 Å². The number of nitrogens with zero attached hydrogens (tertiary/aromatic N) is 2. The van der Waals surface area contributed by atoms with Gasteiger partial charge in [0.05, 0.1) is 23.3 Å². The highest BCUT2D eigenvalue weighted by Crippen LogP contribution is 2.22. The highest BCUT2D eigenvalue weighted by Gasteiger charge is 2.22. The summed E-state index contributed by atoms with van der Waals surface area (Å²) in [5.41, 5.74) is 1.86. The number of hydrogen-bond acceptors (Lipinski definition) is 5. The van der Waals surface area contributed by atoms with E-state index in [1.165, 1.54) is 18.3 Å². The van der Waals surface area contributed by atoms with Crippen molar-refractivity contribution in [1.82, 2.24) is 15.2 Å². The second-order valence-electron chi connectivity index (χ2n) is 5.43. The van der Waals surface area contributed by atoms with E-state index in [1.807, 2.05) is 0 Å². The molecule has 0 unspecified atom stereocenters. The van der Waals surface area contributed by atoms with Crippen molar-refractivity contribution in [3.05, 3.63) is 59.8 Å². The van der Waals surface area contributed by atoms with Crippen LogP contribution in [0.5, 0.6) is 0 Å². The Hall–Kier alpha value is -2.94. The molecule has 0 spiro atoms. The molecule has 7 nitrogen and oxygen atoms in total. The van der Waals surface area contributed by atoms with Crippen molar-refractivity contribution >= 4 is 27.2 Å². The summed E-state index contributed by atoms with van der Waals surface area (Å²) >= 11 is 0. The first-order chi connectivity index (χ1) is 11.8. The van der Waals surface area contributed by atoms with E-state index in [0.717, 1.165) is 0 Å². The number of nitrogens with one attached hydrogen (secondary N) is 3. The van der Waals surface area contributed by atoms with Crippen LogP contribution in [0.1, 0.15) is 11.4 Å². The van der Waals surface area contributed by atoms with E-state index in [-0.39, 0.29) is 10.7 Å². The quantitative estimate of drug-likeness (QED) is 0.648. The molecule has 0 aliphatic carbocycles. The number of aromatic amines is 1. The van der Waals surface area contributed by atoms with E-state index >= 15 is 0 Å². The van der Waals surface area contributed by atoms with Gasteiger partial charge in [-0.05, 0) is 50.2 Å². The summed E-state index contributed by atoms with van der Waals surface area (Å²) in [4.78, 5) is 4.28. The molecule has 0 aliphatic heterocycles. The third kappa shape index (κ3) is 3.77. The fraction of sp³-hybridized carbons (Fsp3) is 0.125. The number of sulfonamides is 1. The second kappa shape index (κ2) is 6.52. The molecule has 130 valence electrons. The number of aromatic nitrogens is 3. The number of H-pyrrole nitrogens is 1. The van der Waals surface area contributed by atoms with Gasteiger partial charge in [-0.15, -0.1) is 0 Å². The summed E-state index contributed by atoms with van der Waals surface area (Å²) in [7, 11) is -3.75. The maximum Gasteiger partial charge on any atom is 0.265 e. The van der Waals surface area contributed by atoms with Gasteiger partial charge in [0.25, 0.3) is 10.0 Å². The molecule has 0 fully saturated rings. The molecule has 0 amide bonds. The summed E-state index contributed by atoms with van der Waals surface area (Å²) < 4.78 is 40.3. The van der Waals surface area contributed by atoms with Crippen LogP contribution in [0.15, 0.2) is 47.5 Å². The average Bonchev–Trinajstić information content (AvgIpc) is 2.91. The van der Waals surface area contributed by atoms with Crippen LogP contribution in [-0.2, 0) is 10.0 Å². The summed E-state index contributed by atoms with van der Waals surface area (Å²) in [6, 6.07) is 9.04. The average molecular weight is 361 g/mol. The van der Waals surface area contributed by atoms with E-state index in [4.69, 9.17) is 0 Å². The van der Waals surface area contributed by atoms with Gasteiger partial charge in [0, 0.05) is 5.69 Å². The molecule has 2 heterocycles. The molecule has 3 N–H and O–H groups in total. The summed E-state index contributed by atoms with van der Waals surface area (Å²) in [5.74, 6) is 0.179. The molecule has 25 heavy (non-hydrogen) atoms. The van der Waals surface area contributed by atoms with Gasteiger partial charge in [0.15, 0.2) is 0 Å². The fourth-order valence-corrected chi connectivity index (χ4v) is 3.77. The molecule has 0 atom stereocenters. The third-order valence-corrected chi connectivity index (χ3v) is 5.11. The lowest BCUT2D eigenvalue weighted by molar-refractivity contribution is 0.600. The van der Waals surface area contributed by atoms with Gasteiger partial charge in [-0.25, -0.2) is 17.8 Å². The Morgan fingerprint density at radius 1 is 1.04 bits per heavy atom. The van der Waals surface area contributed by atoms with E-state index in [2.05, 4.69) is 25.2 Å². The van der Waals surface area contributed by atoms with Gasteiger partial charge in [-0.1, -0.05) is 0 Å². The van der Waals surface area contributed by atoms with Crippen molar-refractivity contribution in [1.29, 1.82) is 0 Å². The Morgan fingerprint density at radius 3 is 2.28 bits per heavy atom. The lowest BCUT2D eigenvalue weighted by Crippen LogP contribution is -2.14. The normalized spacial score (nSPS) is 11.3. The SMILES string of the molecule is Cc1n[nH]c(C)c1S(=O)(=O)Nc1ccc(Nc2ccc(F)cc2)nc1. The van der Waals surface area contributed by atoms with Gasteiger partial charge >= 0.3 is 0 Å². The molecule has 3 rings (SSSR count). The van der Waals surface area contributed by atoms with E-state index in [1.54, 1.807) is 38.1 Å². The molecule has 9 heteroatoms. The third-order valence-electron chi connectivity index (χ3n) is 3.46. The molecule has 2 aromatic heterocycles. The minimum atomic E-state index is -3.75. The highest BCUT2D eigenvalue weighted by atomic mass is 32.2. The maximum atomic E-state index is 12.9. The van der Waals surface area contributed by atoms with Gasteiger partial charge in [0.1, 0.15) is 16.5 Å². The molecule has 0 radical (unpaired) electrons. The van der Waals surface area contributed by atoms with Crippen molar-refractivity contribution in [2.75, 3.05) is 10.0 Å². The van der Waals surface area contributed by atoms with Crippen molar-refractivity contribution < 1.29 is 12.8 Å². The Bertz CT molecular complexity index is 963. The zero-order chi connectivity index (χ0) is 18.0. The van der Waals surface area contributed by atoms with E-state index < -0.39 is 10.0 Å². The predicted octanol–water partition coefficient (Wildman–Crippen LogP) is 3.11. The molecular formula is C16H16FN5O2S. The molecule has 3 aromatic rings. The topological polar surface area (TPSA) is 99.8 Å². The Balaban J connectivity index is 1.75. The minimum absolute atomic E-state index is 0.126. The number of aryl methyl sites for hydroxylation is 2. The second-order valence-corrected chi connectivity index (χ2v) is 7.05. The number of hydrogen-bond donors (Lipinski definition) is 3. The van der Waals surface area contributed by atoms with Gasteiger partial charge in [0.2, 0.25) is 0 Å². The first-order valence-corrected chi connectivity index (χ1v) is 8.86. The highest BCUT2D eigenvalue weighted by molar-refractivity contribution is 7.92. The monoisotopic (exact) mass is 361 g/mol. The molecule has 0 aliphatic rings. The Labute approximate surface area is 144 Å². The van der Waals surface area contributed by atoms with Crippen LogP contribution in [0, 0.1) is 19.7 Å². The number of halogens is 1. The number of anilines is 3. The first kappa shape index (κ1) is 16.9. The molecular weight excluding hydrogens is 345 g/mol. The largest absolute Gasteiger partial charge is 0.340 e. The van der Waals surface area contributed by atoms with Crippen molar-refractivity contribution in [2.24, 2.45) is 0 Å². The molecule has 1 aromatic carbocycles. The summed E-state index contributed by atoms with van der Waals surface area (Å²) in [6.45, 7) is 3.26. The van der Waals surface area contributed by atoms with Crippen LogP contribution >= 0.6 is 0 Å². The minimum Gasteiger partial charge on any atom is -0.340 e. The summed E-state index contributed by atoms with van der Waals surface area (Å²) in [5, 5.41) is 9.54. The first-order valence-electron chi connectivity index (χ1n) is 7.38. The van der Waals surface area contributed by atoms with Crippen LogP contribution in [0.25, 0.3) is 0 Å².